The predicted molar refractivity (Wildman–Crippen MR) is 66.3 cm³/mol. The molecule has 0 aliphatic carbocycles. The van der Waals surface area contributed by atoms with E-state index in [0.717, 1.165) is 11.3 Å². The summed E-state index contributed by atoms with van der Waals surface area (Å²) in [5.74, 6) is 0.446. The number of esters is 1. The van der Waals surface area contributed by atoms with Crippen LogP contribution in [0.4, 0.5) is 0 Å². The molecule has 1 rings (SSSR count). The Morgan fingerprint density at radius 3 is 2.88 bits per heavy atom. The number of halogens is 1. The van der Waals surface area contributed by atoms with E-state index in [2.05, 4.69) is 10.1 Å². The molecule has 0 heterocycles. The van der Waals surface area contributed by atoms with Crippen molar-refractivity contribution in [2.24, 2.45) is 0 Å². The Balaban J connectivity index is 2.60. The third-order valence-electron chi connectivity index (χ3n) is 2.18. The molecule has 0 atom stereocenters. The van der Waals surface area contributed by atoms with Crippen LogP contribution in [0.15, 0.2) is 18.2 Å². The first-order valence-corrected chi connectivity index (χ1v) is 5.67. The van der Waals surface area contributed by atoms with Gasteiger partial charge < -0.3 is 14.8 Å². The largest absolute Gasteiger partial charge is 0.493 e. The number of carbonyl (C=O) groups excluding carboxylic acids is 1. The second-order valence-electron chi connectivity index (χ2n) is 3.46. The molecule has 0 aliphatic heterocycles. The van der Waals surface area contributed by atoms with Gasteiger partial charge in [-0.05, 0) is 25.2 Å². The highest BCUT2D eigenvalue weighted by atomic mass is 35.5. The molecule has 94 valence electrons. The highest BCUT2D eigenvalue weighted by Gasteiger charge is 2.06. The Bertz CT molecular complexity index is 382. The number of rotatable bonds is 6. The average Bonchev–Trinajstić information content (AvgIpc) is 2.32. The summed E-state index contributed by atoms with van der Waals surface area (Å²) >= 11 is 5.90. The smallest absolute Gasteiger partial charge is 0.308 e. The molecule has 1 N–H and O–H groups in total. The molecule has 0 amide bonds. The third-order valence-corrected chi connectivity index (χ3v) is 2.42. The predicted octanol–water partition coefficient (Wildman–Crippen LogP) is 2.00. The van der Waals surface area contributed by atoms with Gasteiger partial charge in [0, 0.05) is 17.1 Å². The number of benzene rings is 1. The van der Waals surface area contributed by atoms with Crippen LogP contribution in [0, 0.1) is 0 Å². The summed E-state index contributed by atoms with van der Waals surface area (Å²) in [5, 5.41) is 3.69. The molecule has 4 nitrogen and oxygen atoms in total. The number of nitrogens with one attached hydrogen (secondary N) is 1. The quantitative estimate of drug-likeness (QED) is 0.792. The zero-order chi connectivity index (χ0) is 12.7. The van der Waals surface area contributed by atoms with Gasteiger partial charge in [0.05, 0.1) is 20.1 Å². The zero-order valence-electron chi connectivity index (χ0n) is 9.96. The summed E-state index contributed by atoms with van der Waals surface area (Å²) < 4.78 is 10.1. The minimum absolute atomic E-state index is 0.234. The second-order valence-corrected chi connectivity index (χ2v) is 3.89. The molecule has 0 aromatic heterocycles. The van der Waals surface area contributed by atoms with Gasteiger partial charge in [-0.1, -0.05) is 11.6 Å². The summed E-state index contributed by atoms with van der Waals surface area (Å²) in [5.41, 5.74) is 0.963. The van der Waals surface area contributed by atoms with Crippen LogP contribution in [0.25, 0.3) is 0 Å². The second kappa shape index (κ2) is 7.14. The van der Waals surface area contributed by atoms with E-state index in [4.69, 9.17) is 16.3 Å². The first kappa shape index (κ1) is 13.8. The van der Waals surface area contributed by atoms with Crippen molar-refractivity contribution in [2.75, 3.05) is 20.8 Å². The van der Waals surface area contributed by atoms with Crippen molar-refractivity contribution in [1.82, 2.24) is 5.32 Å². The number of carbonyl (C=O) groups is 1. The van der Waals surface area contributed by atoms with E-state index >= 15 is 0 Å². The first-order valence-electron chi connectivity index (χ1n) is 5.30. The van der Waals surface area contributed by atoms with E-state index in [1.54, 1.807) is 12.1 Å². The SMILES string of the molecule is CNCc1cc(Cl)ccc1OCCC(=O)OC. The fourth-order valence-electron chi connectivity index (χ4n) is 1.36. The van der Waals surface area contributed by atoms with Gasteiger partial charge in [0.2, 0.25) is 0 Å². The van der Waals surface area contributed by atoms with Crippen molar-refractivity contribution >= 4 is 17.6 Å². The molecule has 0 fully saturated rings. The lowest BCUT2D eigenvalue weighted by Crippen LogP contribution is -2.10. The lowest BCUT2D eigenvalue weighted by molar-refractivity contribution is -0.141. The molecule has 0 saturated heterocycles. The fraction of sp³-hybridized carbons (Fsp3) is 0.417. The maximum absolute atomic E-state index is 10.9. The van der Waals surface area contributed by atoms with E-state index in [9.17, 15) is 4.79 Å². The molecular weight excluding hydrogens is 242 g/mol. The maximum atomic E-state index is 10.9. The van der Waals surface area contributed by atoms with Crippen LogP contribution in [-0.2, 0) is 16.1 Å². The van der Waals surface area contributed by atoms with Gasteiger partial charge in [-0.3, -0.25) is 4.79 Å². The Kier molecular flexibility index (Phi) is 5.80. The molecular formula is C12H16ClNO3. The summed E-state index contributed by atoms with van der Waals surface area (Å²) in [4.78, 5) is 10.9. The lowest BCUT2D eigenvalue weighted by Gasteiger charge is -2.11. The topological polar surface area (TPSA) is 47.6 Å². The number of ether oxygens (including phenoxy) is 2. The van der Waals surface area contributed by atoms with Crippen LogP contribution in [-0.4, -0.2) is 26.7 Å². The van der Waals surface area contributed by atoms with Gasteiger partial charge in [-0.25, -0.2) is 0 Å². The van der Waals surface area contributed by atoms with Gasteiger partial charge in [0.15, 0.2) is 0 Å². The highest BCUT2D eigenvalue weighted by molar-refractivity contribution is 6.30. The molecule has 0 unspecified atom stereocenters. The van der Waals surface area contributed by atoms with Crippen LogP contribution in [0.2, 0.25) is 5.02 Å². The first-order chi connectivity index (χ1) is 8.17. The molecule has 0 saturated carbocycles. The van der Waals surface area contributed by atoms with Gasteiger partial charge in [0.1, 0.15) is 5.75 Å². The van der Waals surface area contributed by atoms with Gasteiger partial charge in [0.25, 0.3) is 0 Å². The molecule has 17 heavy (non-hydrogen) atoms. The Morgan fingerprint density at radius 2 is 2.24 bits per heavy atom. The molecule has 1 aromatic carbocycles. The monoisotopic (exact) mass is 257 g/mol. The van der Waals surface area contributed by atoms with Crippen molar-refractivity contribution in [1.29, 1.82) is 0 Å². The van der Waals surface area contributed by atoms with Gasteiger partial charge >= 0.3 is 5.97 Å². The van der Waals surface area contributed by atoms with E-state index in [0.29, 0.717) is 18.2 Å². The van der Waals surface area contributed by atoms with Crippen molar-refractivity contribution in [3.8, 4) is 5.75 Å². The number of hydrogen-bond donors (Lipinski definition) is 1. The molecule has 0 spiro atoms. The standard InChI is InChI=1S/C12H16ClNO3/c1-14-8-9-7-10(13)3-4-11(9)17-6-5-12(15)16-2/h3-4,7,14H,5-6,8H2,1-2H3. The van der Waals surface area contributed by atoms with Crippen LogP contribution < -0.4 is 10.1 Å². The van der Waals surface area contributed by atoms with Gasteiger partial charge in [-0.2, -0.15) is 0 Å². The van der Waals surface area contributed by atoms with Crippen molar-refractivity contribution in [2.45, 2.75) is 13.0 Å². The Hall–Kier alpha value is -1.26. The third kappa shape index (κ3) is 4.63. The van der Waals surface area contributed by atoms with E-state index in [-0.39, 0.29) is 12.4 Å². The summed E-state index contributed by atoms with van der Waals surface area (Å²) in [7, 11) is 3.20. The van der Waals surface area contributed by atoms with Crippen molar-refractivity contribution in [3.63, 3.8) is 0 Å². The summed E-state index contributed by atoms with van der Waals surface area (Å²) in [6, 6.07) is 5.39. The fourth-order valence-corrected chi connectivity index (χ4v) is 1.56. The van der Waals surface area contributed by atoms with E-state index in [1.165, 1.54) is 7.11 Å². The van der Waals surface area contributed by atoms with E-state index < -0.39 is 0 Å². The number of hydrogen-bond acceptors (Lipinski definition) is 4. The van der Waals surface area contributed by atoms with Gasteiger partial charge in [-0.15, -0.1) is 0 Å². The van der Waals surface area contributed by atoms with Crippen LogP contribution >= 0.6 is 11.6 Å². The maximum Gasteiger partial charge on any atom is 0.308 e. The van der Waals surface area contributed by atoms with Crippen LogP contribution in [0.1, 0.15) is 12.0 Å². The summed E-state index contributed by atoms with van der Waals surface area (Å²) in [6.45, 7) is 0.957. The minimum Gasteiger partial charge on any atom is -0.493 e. The van der Waals surface area contributed by atoms with Crippen LogP contribution in [0.3, 0.4) is 0 Å². The number of methoxy groups -OCH3 is 1. The van der Waals surface area contributed by atoms with Crippen molar-refractivity contribution in [3.05, 3.63) is 28.8 Å². The average molecular weight is 258 g/mol. The molecule has 1 aromatic rings. The molecule has 0 aliphatic rings. The Morgan fingerprint density at radius 1 is 1.47 bits per heavy atom. The van der Waals surface area contributed by atoms with E-state index in [1.807, 2.05) is 13.1 Å². The zero-order valence-corrected chi connectivity index (χ0v) is 10.7. The van der Waals surface area contributed by atoms with Crippen molar-refractivity contribution < 1.29 is 14.3 Å². The normalized spacial score (nSPS) is 10.1. The van der Waals surface area contributed by atoms with Crippen LogP contribution in [0.5, 0.6) is 5.75 Å². The lowest BCUT2D eigenvalue weighted by atomic mass is 10.2. The highest BCUT2D eigenvalue weighted by Crippen LogP contribution is 2.22. The molecule has 5 heteroatoms. The minimum atomic E-state index is -0.283. The molecule has 0 radical (unpaired) electrons. The Labute approximate surface area is 106 Å². The summed E-state index contributed by atoms with van der Waals surface area (Å²) in [6.07, 6.45) is 0.234. The molecule has 0 bridgehead atoms.